The van der Waals surface area contributed by atoms with Gasteiger partial charge in [-0.25, -0.2) is 4.39 Å². The van der Waals surface area contributed by atoms with Gasteiger partial charge in [0.05, 0.1) is 19.6 Å². The molecule has 0 heterocycles. The first-order valence-corrected chi connectivity index (χ1v) is 6.40. The van der Waals surface area contributed by atoms with Crippen molar-refractivity contribution in [2.45, 2.75) is 25.8 Å². The quantitative estimate of drug-likeness (QED) is 0.698. The number of nitrogens with one attached hydrogen (secondary N) is 1. The van der Waals surface area contributed by atoms with Gasteiger partial charge in [-0.2, -0.15) is 0 Å². The summed E-state index contributed by atoms with van der Waals surface area (Å²) in [4.78, 5) is 11.5. The van der Waals surface area contributed by atoms with Crippen molar-refractivity contribution >= 4 is 5.97 Å². The SMILES string of the molecule is CCOC(=O)CC(Cc1ccc(F)cc1)NCCO. The van der Waals surface area contributed by atoms with Crippen LogP contribution in [0.1, 0.15) is 18.9 Å². The average Bonchev–Trinajstić information content (AvgIpc) is 2.39. The Kier molecular flexibility index (Phi) is 7.07. The van der Waals surface area contributed by atoms with Crippen LogP contribution in [0.25, 0.3) is 0 Å². The summed E-state index contributed by atoms with van der Waals surface area (Å²) in [5.41, 5.74) is 0.932. The lowest BCUT2D eigenvalue weighted by atomic mass is 10.0. The van der Waals surface area contributed by atoms with Crippen molar-refractivity contribution in [1.82, 2.24) is 5.32 Å². The zero-order chi connectivity index (χ0) is 14.1. The molecule has 0 fully saturated rings. The lowest BCUT2D eigenvalue weighted by molar-refractivity contribution is -0.143. The largest absolute Gasteiger partial charge is 0.466 e. The number of benzene rings is 1. The Balaban J connectivity index is 2.57. The molecule has 0 bridgehead atoms. The molecule has 5 heteroatoms. The fourth-order valence-electron chi connectivity index (χ4n) is 1.81. The van der Waals surface area contributed by atoms with E-state index in [0.717, 1.165) is 5.56 Å². The molecule has 0 saturated carbocycles. The van der Waals surface area contributed by atoms with E-state index in [4.69, 9.17) is 9.84 Å². The minimum Gasteiger partial charge on any atom is -0.466 e. The third-order valence-electron chi connectivity index (χ3n) is 2.66. The zero-order valence-corrected chi connectivity index (χ0v) is 11.1. The van der Waals surface area contributed by atoms with Gasteiger partial charge in [-0.15, -0.1) is 0 Å². The number of halogens is 1. The number of rotatable bonds is 8. The maximum Gasteiger partial charge on any atom is 0.307 e. The molecule has 0 aromatic heterocycles. The number of carbonyl (C=O) groups excluding carboxylic acids is 1. The van der Waals surface area contributed by atoms with Crippen molar-refractivity contribution in [2.75, 3.05) is 19.8 Å². The summed E-state index contributed by atoms with van der Waals surface area (Å²) in [6.45, 7) is 2.52. The standard InChI is InChI=1S/C14H20FNO3/c1-2-19-14(18)10-13(16-7-8-17)9-11-3-5-12(15)6-4-11/h3-6,13,16-17H,2,7-10H2,1H3. The highest BCUT2D eigenvalue weighted by Crippen LogP contribution is 2.08. The van der Waals surface area contributed by atoms with E-state index in [9.17, 15) is 9.18 Å². The Morgan fingerprint density at radius 2 is 2.11 bits per heavy atom. The number of esters is 1. The molecule has 0 aliphatic carbocycles. The van der Waals surface area contributed by atoms with Crippen LogP contribution in [0.5, 0.6) is 0 Å². The van der Waals surface area contributed by atoms with Gasteiger partial charge in [-0.3, -0.25) is 4.79 Å². The average molecular weight is 269 g/mol. The third kappa shape index (κ3) is 6.31. The minimum atomic E-state index is -0.283. The number of hydrogen-bond donors (Lipinski definition) is 2. The lowest BCUT2D eigenvalue weighted by Gasteiger charge is -2.17. The monoisotopic (exact) mass is 269 g/mol. The van der Waals surface area contributed by atoms with Crippen LogP contribution in [-0.4, -0.2) is 36.9 Å². The topological polar surface area (TPSA) is 58.6 Å². The molecule has 19 heavy (non-hydrogen) atoms. The van der Waals surface area contributed by atoms with Crippen molar-refractivity contribution in [2.24, 2.45) is 0 Å². The molecular formula is C14H20FNO3. The Bertz CT molecular complexity index is 381. The minimum absolute atomic E-state index is 0.00272. The summed E-state index contributed by atoms with van der Waals surface area (Å²) in [6.07, 6.45) is 0.810. The van der Waals surface area contributed by atoms with Crippen LogP contribution >= 0.6 is 0 Å². The summed E-state index contributed by atoms with van der Waals surface area (Å²) < 4.78 is 17.7. The Hall–Kier alpha value is -1.46. The first-order chi connectivity index (χ1) is 9.15. The molecule has 1 atom stereocenters. The van der Waals surface area contributed by atoms with Crippen LogP contribution < -0.4 is 5.32 Å². The van der Waals surface area contributed by atoms with Crippen LogP contribution in [0.3, 0.4) is 0 Å². The van der Waals surface area contributed by atoms with Crippen LogP contribution in [0.4, 0.5) is 4.39 Å². The van der Waals surface area contributed by atoms with Gasteiger partial charge in [0.15, 0.2) is 0 Å². The fourth-order valence-corrected chi connectivity index (χ4v) is 1.81. The molecular weight excluding hydrogens is 249 g/mol. The second kappa shape index (κ2) is 8.61. The predicted molar refractivity (Wildman–Crippen MR) is 70.2 cm³/mol. The molecule has 0 aliphatic rings. The number of aliphatic hydroxyl groups is 1. The van der Waals surface area contributed by atoms with E-state index in [1.807, 2.05) is 0 Å². The van der Waals surface area contributed by atoms with Crippen LogP contribution in [0.2, 0.25) is 0 Å². The second-order valence-electron chi connectivity index (χ2n) is 4.21. The van der Waals surface area contributed by atoms with Crippen molar-refractivity contribution < 1.29 is 19.0 Å². The first kappa shape index (κ1) is 15.6. The molecule has 4 nitrogen and oxygen atoms in total. The van der Waals surface area contributed by atoms with Crippen molar-refractivity contribution in [3.05, 3.63) is 35.6 Å². The third-order valence-corrected chi connectivity index (χ3v) is 2.66. The second-order valence-corrected chi connectivity index (χ2v) is 4.21. The molecule has 0 amide bonds. The first-order valence-electron chi connectivity index (χ1n) is 6.40. The summed E-state index contributed by atoms with van der Waals surface area (Å²) in [6, 6.07) is 6.03. The molecule has 1 unspecified atom stereocenters. The van der Waals surface area contributed by atoms with E-state index < -0.39 is 0 Å². The van der Waals surface area contributed by atoms with Crippen LogP contribution in [0.15, 0.2) is 24.3 Å². The summed E-state index contributed by atoms with van der Waals surface area (Å²) in [7, 11) is 0. The number of carbonyl (C=O) groups is 1. The Morgan fingerprint density at radius 3 is 2.68 bits per heavy atom. The van der Waals surface area contributed by atoms with Gasteiger partial charge in [0.25, 0.3) is 0 Å². The maximum absolute atomic E-state index is 12.8. The van der Waals surface area contributed by atoms with Gasteiger partial charge in [0, 0.05) is 12.6 Å². The summed E-state index contributed by atoms with van der Waals surface area (Å²) in [5.74, 6) is -0.561. The van der Waals surface area contributed by atoms with E-state index in [-0.39, 0.29) is 30.9 Å². The van der Waals surface area contributed by atoms with E-state index in [1.54, 1.807) is 19.1 Å². The van der Waals surface area contributed by atoms with Crippen molar-refractivity contribution in [1.29, 1.82) is 0 Å². The summed E-state index contributed by atoms with van der Waals surface area (Å²) >= 11 is 0. The zero-order valence-electron chi connectivity index (χ0n) is 11.1. The fraction of sp³-hybridized carbons (Fsp3) is 0.500. The smallest absolute Gasteiger partial charge is 0.307 e. The number of hydrogen-bond acceptors (Lipinski definition) is 4. The van der Waals surface area contributed by atoms with Crippen LogP contribution in [-0.2, 0) is 16.0 Å². The molecule has 106 valence electrons. The molecule has 0 saturated heterocycles. The number of aliphatic hydroxyl groups excluding tert-OH is 1. The van der Waals surface area contributed by atoms with E-state index >= 15 is 0 Å². The van der Waals surface area contributed by atoms with Crippen molar-refractivity contribution in [3.8, 4) is 0 Å². The molecule has 0 aliphatic heterocycles. The molecule has 0 spiro atoms. The van der Waals surface area contributed by atoms with Gasteiger partial charge in [0.1, 0.15) is 5.82 Å². The Morgan fingerprint density at radius 1 is 1.42 bits per heavy atom. The molecule has 1 rings (SSSR count). The maximum atomic E-state index is 12.8. The molecule has 1 aromatic carbocycles. The summed E-state index contributed by atoms with van der Waals surface area (Å²) in [5, 5.41) is 11.9. The highest BCUT2D eigenvalue weighted by Gasteiger charge is 2.14. The highest BCUT2D eigenvalue weighted by molar-refractivity contribution is 5.70. The van der Waals surface area contributed by atoms with Gasteiger partial charge >= 0.3 is 5.97 Å². The van der Waals surface area contributed by atoms with Crippen LogP contribution in [0, 0.1) is 5.82 Å². The van der Waals surface area contributed by atoms with Crippen molar-refractivity contribution in [3.63, 3.8) is 0 Å². The normalized spacial score (nSPS) is 12.2. The lowest BCUT2D eigenvalue weighted by Crippen LogP contribution is -2.35. The molecule has 0 radical (unpaired) electrons. The van der Waals surface area contributed by atoms with E-state index in [2.05, 4.69) is 5.32 Å². The highest BCUT2D eigenvalue weighted by atomic mass is 19.1. The van der Waals surface area contributed by atoms with Gasteiger partial charge in [-0.05, 0) is 31.0 Å². The molecule has 1 aromatic rings. The van der Waals surface area contributed by atoms with Gasteiger partial charge < -0.3 is 15.2 Å². The molecule has 2 N–H and O–H groups in total. The van der Waals surface area contributed by atoms with E-state index in [1.165, 1.54) is 12.1 Å². The van der Waals surface area contributed by atoms with Gasteiger partial charge in [-0.1, -0.05) is 12.1 Å². The Labute approximate surface area is 112 Å². The van der Waals surface area contributed by atoms with E-state index in [0.29, 0.717) is 19.6 Å². The van der Waals surface area contributed by atoms with Gasteiger partial charge in [0.2, 0.25) is 0 Å². The predicted octanol–water partition coefficient (Wildman–Crippen LogP) is 1.27. The number of ether oxygens (including phenoxy) is 1.